The first-order chi connectivity index (χ1) is 10.2. The summed E-state index contributed by atoms with van der Waals surface area (Å²) < 4.78 is 5.31. The van der Waals surface area contributed by atoms with Crippen LogP contribution in [0.25, 0.3) is 0 Å². The van der Waals surface area contributed by atoms with Gasteiger partial charge >= 0.3 is 0 Å². The Kier molecular flexibility index (Phi) is 4.03. The van der Waals surface area contributed by atoms with Crippen LogP contribution in [0, 0.1) is 0 Å². The Morgan fingerprint density at radius 3 is 2.48 bits per heavy atom. The molecule has 2 heterocycles. The van der Waals surface area contributed by atoms with Crippen LogP contribution in [-0.4, -0.2) is 54.0 Å². The van der Waals surface area contributed by atoms with E-state index in [4.69, 9.17) is 4.74 Å². The summed E-state index contributed by atoms with van der Waals surface area (Å²) in [7, 11) is 0. The molecule has 2 fully saturated rings. The second-order valence-corrected chi connectivity index (χ2v) is 5.56. The van der Waals surface area contributed by atoms with Crippen molar-refractivity contribution in [3.8, 4) is 0 Å². The molecular formula is C16H20N2O3. The van der Waals surface area contributed by atoms with Gasteiger partial charge in [-0.15, -0.1) is 0 Å². The fourth-order valence-electron chi connectivity index (χ4n) is 3.10. The Hall–Kier alpha value is -1.72. The molecule has 1 aromatic rings. The molecule has 1 aromatic carbocycles. The van der Waals surface area contributed by atoms with Crippen LogP contribution in [0.15, 0.2) is 30.3 Å². The quantitative estimate of drug-likeness (QED) is 0.784. The number of hydrogen-bond donors (Lipinski definition) is 0. The molecule has 21 heavy (non-hydrogen) atoms. The molecule has 2 saturated heterocycles. The van der Waals surface area contributed by atoms with Gasteiger partial charge in [-0.05, 0) is 12.5 Å². The number of carbonyl (C=O) groups is 2. The van der Waals surface area contributed by atoms with Gasteiger partial charge in [-0.1, -0.05) is 30.3 Å². The van der Waals surface area contributed by atoms with Crippen molar-refractivity contribution in [3.05, 3.63) is 35.9 Å². The number of ether oxygens (including phenoxy) is 1. The largest absolute Gasteiger partial charge is 0.379 e. The van der Waals surface area contributed by atoms with Gasteiger partial charge < -0.3 is 4.74 Å². The second kappa shape index (κ2) is 5.95. The standard InChI is InChI=1S/C16H20N2O3/c1-12(13-5-3-2-4-6-13)18-15(19)11-14(16(18)20)17-7-9-21-10-8-17/h2-6,12,14H,7-11H2,1H3/t12-,14+/m1/s1. The van der Waals surface area contributed by atoms with Gasteiger partial charge in [-0.2, -0.15) is 0 Å². The normalized spacial score (nSPS) is 25.4. The highest BCUT2D eigenvalue weighted by atomic mass is 16.5. The van der Waals surface area contributed by atoms with Crippen LogP contribution in [0.2, 0.25) is 0 Å². The highest BCUT2D eigenvalue weighted by molar-refractivity contribution is 6.05. The Morgan fingerprint density at radius 1 is 1.14 bits per heavy atom. The Balaban J connectivity index is 1.77. The predicted molar refractivity (Wildman–Crippen MR) is 77.5 cm³/mol. The van der Waals surface area contributed by atoms with Crippen LogP contribution in [0.4, 0.5) is 0 Å². The first-order valence-corrected chi connectivity index (χ1v) is 7.41. The van der Waals surface area contributed by atoms with E-state index in [0.29, 0.717) is 13.2 Å². The Bertz CT molecular complexity index is 526. The van der Waals surface area contributed by atoms with E-state index in [1.165, 1.54) is 4.90 Å². The monoisotopic (exact) mass is 288 g/mol. The van der Waals surface area contributed by atoms with Crippen molar-refractivity contribution in [3.63, 3.8) is 0 Å². The van der Waals surface area contributed by atoms with E-state index < -0.39 is 0 Å². The summed E-state index contributed by atoms with van der Waals surface area (Å²) in [5.74, 6) is -0.147. The first kappa shape index (κ1) is 14.2. The van der Waals surface area contributed by atoms with Gasteiger partial charge in [0.05, 0.1) is 31.7 Å². The molecule has 2 atom stereocenters. The summed E-state index contributed by atoms with van der Waals surface area (Å²) in [4.78, 5) is 28.4. The average Bonchev–Trinajstić information content (AvgIpc) is 2.83. The number of rotatable bonds is 3. The fourth-order valence-corrected chi connectivity index (χ4v) is 3.10. The molecule has 3 rings (SSSR count). The molecule has 0 bridgehead atoms. The fraction of sp³-hybridized carbons (Fsp3) is 0.500. The molecule has 0 saturated carbocycles. The molecule has 2 aliphatic rings. The maximum absolute atomic E-state index is 12.7. The van der Waals surface area contributed by atoms with Crippen LogP contribution in [0.5, 0.6) is 0 Å². The average molecular weight is 288 g/mol. The van der Waals surface area contributed by atoms with Gasteiger partial charge in [-0.25, -0.2) is 0 Å². The summed E-state index contributed by atoms with van der Waals surface area (Å²) >= 11 is 0. The zero-order valence-corrected chi connectivity index (χ0v) is 12.2. The number of carbonyl (C=O) groups excluding carboxylic acids is 2. The molecule has 0 aliphatic carbocycles. The van der Waals surface area contributed by atoms with Crippen LogP contribution < -0.4 is 0 Å². The van der Waals surface area contributed by atoms with Gasteiger partial charge in [-0.3, -0.25) is 19.4 Å². The lowest BCUT2D eigenvalue weighted by Gasteiger charge is -2.31. The molecule has 5 nitrogen and oxygen atoms in total. The zero-order valence-electron chi connectivity index (χ0n) is 12.2. The molecule has 0 unspecified atom stereocenters. The number of benzene rings is 1. The number of imide groups is 1. The Morgan fingerprint density at radius 2 is 1.81 bits per heavy atom. The minimum Gasteiger partial charge on any atom is -0.379 e. The van der Waals surface area contributed by atoms with E-state index in [0.717, 1.165) is 18.7 Å². The van der Waals surface area contributed by atoms with E-state index in [-0.39, 0.29) is 30.3 Å². The van der Waals surface area contributed by atoms with Crippen molar-refractivity contribution in [1.82, 2.24) is 9.80 Å². The molecule has 0 radical (unpaired) electrons. The third kappa shape index (κ3) is 2.71. The lowest BCUT2D eigenvalue weighted by Crippen LogP contribution is -2.47. The van der Waals surface area contributed by atoms with E-state index >= 15 is 0 Å². The molecule has 2 aliphatic heterocycles. The lowest BCUT2D eigenvalue weighted by atomic mass is 10.1. The topological polar surface area (TPSA) is 49.9 Å². The molecule has 2 amide bonds. The third-order valence-corrected chi connectivity index (χ3v) is 4.31. The number of morpholine rings is 1. The summed E-state index contributed by atoms with van der Waals surface area (Å²) in [5.41, 5.74) is 0.988. The van der Waals surface area contributed by atoms with Gasteiger partial charge in [0.1, 0.15) is 0 Å². The van der Waals surface area contributed by atoms with Crippen molar-refractivity contribution in [2.75, 3.05) is 26.3 Å². The van der Waals surface area contributed by atoms with E-state index in [1.807, 2.05) is 37.3 Å². The predicted octanol–water partition coefficient (Wildman–Crippen LogP) is 1.21. The van der Waals surface area contributed by atoms with Gasteiger partial charge in [0, 0.05) is 13.1 Å². The minimum absolute atomic E-state index is 0.0711. The van der Waals surface area contributed by atoms with Crippen LogP contribution >= 0.6 is 0 Å². The maximum atomic E-state index is 12.7. The number of hydrogen-bond acceptors (Lipinski definition) is 4. The molecule has 0 aromatic heterocycles. The molecular weight excluding hydrogens is 268 g/mol. The van der Waals surface area contributed by atoms with Gasteiger partial charge in [0.15, 0.2) is 0 Å². The molecule has 112 valence electrons. The van der Waals surface area contributed by atoms with Crippen molar-refractivity contribution in [1.29, 1.82) is 0 Å². The summed E-state index contributed by atoms with van der Waals surface area (Å²) in [6.45, 7) is 4.61. The number of likely N-dealkylation sites (tertiary alicyclic amines) is 1. The maximum Gasteiger partial charge on any atom is 0.247 e. The number of nitrogens with zero attached hydrogens (tertiary/aromatic N) is 2. The minimum atomic E-state index is -0.312. The Labute approximate surface area is 124 Å². The second-order valence-electron chi connectivity index (χ2n) is 5.56. The van der Waals surface area contributed by atoms with Crippen molar-refractivity contribution in [2.24, 2.45) is 0 Å². The van der Waals surface area contributed by atoms with E-state index in [9.17, 15) is 9.59 Å². The van der Waals surface area contributed by atoms with E-state index in [2.05, 4.69) is 4.90 Å². The van der Waals surface area contributed by atoms with E-state index in [1.54, 1.807) is 0 Å². The molecule has 0 spiro atoms. The van der Waals surface area contributed by atoms with Crippen molar-refractivity contribution in [2.45, 2.75) is 25.4 Å². The van der Waals surface area contributed by atoms with Crippen molar-refractivity contribution < 1.29 is 14.3 Å². The zero-order chi connectivity index (χ0) is 14.8. The first-order valence-electron chi connectivity index (χ1n) is 7.41. The SMILES string of the molecule is C[C@H](c1ccccc1)N1C(=O)C[C@H](N2CCOCC2)C1=O. The summed E-state index contributed by atoms with van der Waals surface area (Å²) in [5, 5.41) is 0. The van der Waals surface area contributed by atoms with Crippen molar-refractivity contribution >= 4 is 11.8 Å². The molecule has 5 heteroatoms. The van der Waals surface area contributed by atoms with Gasteiger partial charge in [0.25, 0.3) is 0 Å². The summed E-state index contributed by atoms with van der Waals surface area (Å²) in [6.07, 6.45) is 0.288. The highest BCUT2D eigenvalue weighted by Crippen LogP contribution is 2.29. The van der Waals surface area contributed by atoms with Crippen LogP contribution in [-0.2, 0) is 14.3 Å². The summed E-state index contributed by atoms with van der Waals surface area (Å²) in [6, 6.07) is 9.16. The smallest absolute Gasteiger partial charge is 0.247 e. The third-order valence-electron chi connectivity index (χ3n) is 4.31. The van der Waals surface area contributed by atoms with Gasteiger partial charge in [0.2, 0.25) is 11.8 Å². The highest BCUT2D eigenvalue weighted by Gasteiger charge is 2.44. The van der Waals surface area contributed by atoms with Crippen LogP contribution in [0.1, 0.15) is 24.9 Å². The molecule has 0 N–H and O–H groups in total. The number of amides is 2. The van der Waals surface area contributed by atoms with Crippen LogP contribution in [0.3, 0.4) is 0 Å². The lowest BCUT2D eigenvalue weighted by molar-refractivity contribution is -0.142.